The molecule has 548 valence electrons. The molecule has 1 rings (SSSR count). The van der Waals surface area contributed by atoms with E-state index in [2.05, 4.69) is 77.0 Å². The summed E-state index contributed by atoms with van der Waals surface area (Å²) in [5.41, 5.74) is 7.89. The molecule has 0 aromatic rings. The number of esters is 1. The van der Waals surface area contributed by atoms with Gasteiger partial charge in [-0.15, -0.1) is 0 Å². The minimum absolute atomic E-state index is 0.0217. The maximum Gasteiger partial charge on any atom is 0.407 e. The first kappa shape index (κ1) is 86.7. The van der Waals surface area contributed by atoms with Gasteiger partial charge in [-0.05, 0) is 128 Å². The van der Waals surface area contributed by atoms with Gasteiger partial charge in [0.25, 0.3) is 0 Å². The largest absolute Gasteiger partial charge is 0.467 e. The number of nitrogens with zero attached hydrogens (tertiary/aromatic N) is 4. The third-order valence-corrected chi connectivity index (χ3v) is 16.6. The summed E-state index contributed by atoms with van der Waals surface area (Å²) in [6.45, 7) is 38.2. The van der Waals surface area contributed by atoms with Crippen LogP contribution in [0.15, 0.2) is 5.11 Å². The van der Waals surface area contributed by atoms with E-state index in [0.29, 0.717) is 31.6 Å². The average molecular weight is 1360 g/mol. The van der Waals surface area contributed by atoms with E-state index in [-0.39, 0.29) is 50.6 Å². The zero-order chi connectivity index (χ0) is 73.9. The van der Waals surface area contributed by atoms with Gasteiger partial charge in [-0.1, -0.05) is 128 Å². The van der Waals surface area contributed by atoms with Crippen molar-refractivity contribution in [2.45, 2.75) is 294 Å². The molecule has 11 amide bonds. The number of hydrogen-bond acceptors (Lipinski definition) is 16. The summed E-state index contributed by atoms with van der Waals surface area (Å²) in [5.74, 6) is -10.6. The highest BCUT2D eigenvalue weighted by Gasteiger charge is 2.44. The number of methoxy groups -OCH3 is 1. The fourth-order valence-electron chi connectivity index (χ4n) is 10.6. The third-order valence-electron chi connectivity index (χ3n) is 16.6. The molecule has 1 fully saturated rings. The van der Waals surface area contributed by atoms with E-state index < -0.39 is 179 Å². The fourth-order valence-corrected chi connectivity index (χ4v) is 10.6. The molecule has 0 aromatic heterocycles. The second-order valence-electron chi connectivity index (χ2n) is 29.2. The Morgan fingerprint density at radius 2 is 0.969 bits per heavy atom. The molecule has 2 unspecified atom stereocenters. The highest BCUT2D eigenvalue weighted by atomic mass is 16.6. The standard InChI is InChI=1S/C67H120N14O15/c1-24-40(13)51(60(88)77-53(42(15)79-80-68)61(89)76-52(41(14)25-2)59(87)74-50(39(11)12)64(92)94-23)75-55(83)44(30-27-33-69-65(93)96-67(20,21)22)70-56(84)45-31-28-34-81(45)63(91)49(38(9)10)73-58(86)48(37(7)8)72-62(90)54(43(16)95-66(17,18)19)78-57(85)47(36(5)6)71-46(82)32-26-29-35(3)4/h35-45,47-54H,24-34H2,1-23H3,(H,69,93)(H,70,84)(H,71,82)(H,72,90)(H,73,86)(H,74,87)(H,75,83)(H,76,89)(H,77,88)(H,78,85)/t40?,41?,42-,43-,44+,45+,47-,48+,49-,50-,51-,52-,53-,54+/m1/s1. The van der Waals surface area contributed by atoms with E-state index >= 15 is 0 Å². The van der Waals surface area contributed by atoms with Crippen LogP contribution in [-0.4, -0.2) is 180 Å². The maximum absolute atomic E-state index is 14.9. The molecule has 10 N–H and O–H groups in total. The fraction of sp³-hybridized carbons (Fsp3) is 0.821. The first-order valence-electron chi connectivity index (χ1n) is 34.3. The number of likely N-dealkylation sites (tertiary alicyclic amines) is 1. The van der Waals surface area contributed by atoms with E-state index in [9.17, 15) is 63.1 Å². The van der Waals surface area contributed by atoms with Gasteiger partial charge in [0, 0.05) is 24.4 Å². The Kier molecular flexibility index (Phi) is 37.1. The van der Waals surface area contributed by atoms with Gasteiger partial charge in [0.1, 0.15) is 66.0 Å². The Bertz CT molecular complexity index is 2650. The first-order chi connectivity index (χ1) is 44.5. The van der Waals surface area contributed by atoms with Crippen molar-refractivity contribution in [2.75, 3.05) is 20.2 Å². The van der Waals surface area contributed by atoms with Crippen LogP contribution in [0.3, 0.4) is 0 Å². The molecule has 0 radical (unpaired) electrons. The van der Waals surface area contributed by atoms with Gasteiger partial charge in [0.05, 0.1) is 24.9 Å². The normalized spacial score (nSPS) is 17.5. The summed E-state index contributed by atoms with van der Waals surface area (Å²) >= 11 is 0. The van der Waals surface area contributed by atoms with Crippen molar-refractivity contribution < 1.29 is 71.7 Å². The van der Waals surface area contributed by atoms with Gasteiger partial charge in [0.2, 0.25) is 59.1 Å². The van der Waals surface area contributed by atoms with Crippen LogP contribution in [0.2, 0.25) is 0 Å². The van der Waals surface area contributed by atoms with Crippen molar-refractivity contribution in [3.8, 4) is 0 Å². The van der Waals surface area contributed by atoms with Crippen LogP contribution >= 0.6 is 0 Å². The minimum Gasteiger partial charge on any atom is -0.467 e. The topological polar surface area (TPSA) is 405 Å². The van der Waals surface area contributed by atoms with E-state index in [1.54, 1.807) is 132 Å². The van der Waals surface area contributed by atoms with Crippen LogP contribution in [0, 0.1) is 41.4 Å². The number of carbonyl (C=O) groups excluding carboxylic acids is 12. The molecule has 1 aliphatic heterocycles. The molecule has 0 aromatic carbocycles. The minimum atomic E-state index is -1.61. The Balaban J connectivity index is 3.73. The first-order valence-corrected chi connectivity index (χ1v) is 34.3. The molecule has 29 heteroatoms. The van der Waals surface area contributed by atoms with Gasteiger partial charge in [-0.2, -0.15) is 0 Å². The summed E-state index contributed by atoms with van der Waals surface area (Å²) in [4.78, 5) is 173. The molecule has 1 heterocycles. The Hall–Kier alpha value is -7.29. The molecule has 0 bridgehead atoms. The Morgan fingerprint density at radius 1 is 0.531 bits per heavy atom. The maximum atomic E-state index is 14.9. The lowest BCUT2D eigenvalue weighted by molar-refractivity contribution is -0.147. The number of nitrogens with one attached hydrogen (secondary N) is 10. The highest BCUT2D eigenvalue weighted by molar-refractivity contribution is 5.99. The predicted molar refractivity (Wildman–Crippen MR) is 363 cm³/mol. The van der Waals surface area contributed by atoms with E-state index in [1.807, 2.05) is 0 Å². The van der Waals surface area contributed by atoms with Crippen LogP contribution < -0.4 is 53.2 Å². The summed E-state index contributed by atoms with van der Waals surface area (Å²) in [6.07, 6.45) is 1.12. The average Bonchev–Trinajstić information content (AvgIpc) is 1.40. The number of hydrogen-bond donors (Lipinski definition) is 10. The molecule has 1 aliphatic rings. The van der Waals surface area contributed by atoms with E-state index in [1.165, 1.54) is 18.9 Å². The van der Waals surface area contributed by atoms with Crippen molar-refractivity contribution >= 4 is 71.1 Å². The van der Waals surface area contributed by atoms with Crippen LogP contribution in [0.4, 0.5) is 4.79 Å². The van der Waals surface area contributed by atoms with Crippen molar-refractivity contribution in [3.63, 3.8) is 0 Å². The highest BCUT2D eigenvalue weighted by Crippen LogP contribution is 2.23. The molecule has 0 spiro atoms. The second kappa shape index (κ2) is 41.1. The molecule has 96 heavy (non-hydrogen) atoms. The summed E-state index contributed by atoms with van der Waals surface area (Å²) in [5, 5.41) is 31.0. The number of carbonyl (C=O) groups is 12. The van der Waals surface area contributed by atoms with Gasteiger partial charge >= 0.3 is 12.1 Å². The molecule has 29 nitrogen and oxygen atoms in total. The van der Waals surface area contributed by atoms with Crippen molar-refractivity contribution in [3.05, 3.63) is 10.4 Å². The summed E-state index contributed by atoms with van der Waals surface area (Å²) < 4.78 is 16.5. The monoisotopic (exact) mass is 1360 g/mol. The lowest BCUT2D eigenvalue weighted by Crippen LogP contribution is -2.63. The molecule has 0 aliphatic carbocycles. The zero-order valence-electron chi connectivity index (χ0n) is 61.7. The van der Waals surface area contributed by atoms with E-state index in [0.717, 1.165) is 6.42 Å². The zero-order valence-corrected chi connectivity index (χ0v) is 61.7. The van der Waals surface area contributed by atoms with Crippen LogP contribution in [-0.2, 0) is 67.0 Å². The smallest absolute Gasteiger partial charge is 0.407 e. The third kappa shape index (κ3) is 29.6. The van der Waals surface area contributed by atoms with Gasteiger partial charge < -0.3 is 72.3 Å². The van der Waals surface area contributed by atoms with Gasteiger partial charge in [0.15, 0.2) is 0 Å². The Labute approximate surface area is 569 Å². The molecular formula is C67H120N14O15. The number of ether oxygens (including phenoxy) is 3. The number of rotatable bonds is 39. The van der Waals surface area contributed by atoms with Crippen molar-refractivity contribution in [2.24, 2.45) is 46.5 Å². The SMILES string of the molecule is CCC(C)[C@@H](NC(=O)[C@H](CCCNC(=O)OC(C)(C)C)NC(=O)[C@@H]1CCCN1C(=O)[C@H](NC(=O)[C@@H](NC(=O)[C@@H](NC(=O)[C@H](NC(=O)CCCC(C)C)C(C)C)[C@@H](C)OC(C)(C)C)C(C)C)C(C)C)C(=O)N[C@@H](C(=O)N[C@@H](C(=O)N[C@@H](C(=O)OC)C(C)C)C(C)CC)[C@@H](C)N=[N+]=[N-]. The van der Waals surface area contributed by atoms with Gasteiger partial charge in [-0.3, -0.25) is 47.9 Å². The van der Waals surface area contributed by atoms with Crippen LogP contribution in [0.1, 0.15) is 210 Å². The lowest BCUT2D eigenvalue weighted by Gasteiger charge is -2.34. The van der Waals surface area contributed by atoms with E-state index in [4.69, 9.17) is 14.2 Å². The summed E-state index contributed by atoms with van der Waals surface area (Å²) in [6, 6.07) is -14.1. The molecular weight excluding hydrogens is 1240 g/mol. The van der Waals surface area contributed by atoms with Crippen LogP contribution in [0.25, 0.3) is 10.4 Å². The molecule has 0 saturated carbocycles. The number of amides is 11. The van der Waals surface area contributed by atoms with Crippen LogP contribution in [0.5, 0.6) is 0 Å². The van der Waals surface area contributed by atoms with Crippen molar-refractivity contribution in [1.82, 2.24) is 58.1 Å². The van der Waals surface area contributed by atoms with Gasteiger partial charge in [-0.25, -0.2) is 9.59 Å². The quantitative estimate of drug-likeness (QED) is 0.0123. The number of alkyl carbamates (subject to hydrolysis) is 1. The number of azide groups is 1. The molecule has 1 saturated heterocycles. The van der Waals surface area contributed by atoms with Crippen molar-refractivity contribution in [1.29, 1.82) is 0 Å². The lowest BCUT2D eigenvalue weighted by atomic mass is 9.95. The summed E-state index contributed by atoms with van der Waals surface area (Å²) in [7, 11) is 1.18. The Morgan fingerprint density at radius 3 is 1.44 bits per heavy atom. The second-order valence-corrected chi connectivity index (χ2v) is 29.2. The molecule has 14 atom stereocenters. The predicted octanol–water partition coefficient (Wildman–Crippen LogP) is 5.26.